The number of amides is 1. The number of ether oxygens (including phenoxy) is 1. The highest BCUT2D eigenvalue weighted by Crippen LogP contribution is 2.18. The summed E-state index contributed by atoms with van der Waals surface area (Å²) < 4.78 is 5.63. The number of benzene rings is 1. The summed E-state index contributed by atoms with van der Waals surface area (Å²) in [5, 5.41) is 2.59. The van der Waals surface area contributed by atoms with E-state index in [0.29, 0.717) is 12.2 Å². The molecule has 3 heteroatoms. The van der Waals surface area contributed by atoms with Gasteiger partial charge in [-0.25, -0.2) is 0 Å². The monoisotopic (exact) mass is 221 g/mol. The first-order chi connectivity index (χ1) is 7.42. The Kier molecular flexibility index (Phi) is 3.93. The van der Waals surface area contributed by atoms with Crippen molar-refractivity contribution in [3.05, 3.63) is 29.8 Å². The molecule has 0 saturated carbocycles. The molecule has 0 heterocycles. The Labute approximate surface area is 96.8 Å². The Balaban J connectivity index is 2.71. The zero-order valence-electron chi connectivity index (χ0n) is 10.3. The highest BCUT2D eigenvalue weighted by atomic mass is 16.5. The molecule has 1 amide bonds. The molecule has 16 heavy (non-hydrogen) atoms. The Hall–Kier alpha value is -1.51. The third kappa shape index (κ3) is 3.93. The zero-order valence-corrected chi connectivity index (χ0v) is 10.3. The lowest BCUT2D eigenvalue weighted by molar-refractivity contribution is 0.0962. The fourth-order valence-electron chi connectivity index (χ4n) is 1.17. The van der Waals surface area contributed by atoms with Gasteiger partial charge in [-0.3, -0.25) is 4.79 Å². The number of nitrogens with one attached hydrogen (secondary N) is 1. The van der Waals surface area contributed by atoms with Gasteiger partial charge in [0.15, 0.2) is 0 Å². The van der Waals surface area contributed by atoms with Crippen molar-refractivity contribution < 1.29 is 9.53 Å². The predicted octanol–water partition coefficient (Wildman–Crippen LogP) is 2.47. The van der Waals surface area contributed by atoms with Crippen LogP contribution in [0.3, 0.4) is 0 Å². The van der Waals surface area contributed by atoms with Gasteiger partial charge in [-0.1, -0.05) is 26.8 Å². The molecule has 1 aromatic rings. The van der Waals surface area contributed by atoms with Crippen LogP contribution in [0.2, 0.25) is 0 Å². The lowest BCUT2D eigenvalue weighted by Crippen LogP contribution is -2.19. The Morgan fingerprint density at radius 3 is 2.62 bits per heavy atom. The van der Waals surface area contributed by atoms with Gasteiger partial charge in [0.05, 0.1) is 6.61 Å². The van der Waals surface area contributed by atoms with E-state index < -0.39 is 0 Å². The highest BCUT2D eigenvalue weighted by molar-refractivity contribution is 5.94. The second-order valence-electron chi connectivity index (χ2n) is 4.96. The van der Waals surface area contributed by atoms with Crippen LogP contribution in [0.25, 0.3) is 0 Å². The predicted molar refractivity (Wildman–Crippen MR) is 64.8 cm³/mol. The second kappa shape index (κ2) is 5.01. The molecule has 1 N–H and O–H groups in total. The van der Waals surface area contributed by atoms with Gasteiger partial charge in [0.1, 0.15) is 5.75 Å². The molecule has 0 unspecified atom stereocenters. The smallest absolute Gasteiger partial charge is 0.251 e. The SMILES string of the molecule is CNC(=O)c1cccc(OCC(C)(C)C)c1. The maximum Gasteiger partial charge on any atom is 0.251 e. The average Bonchev–Trinajstić information content (AvgIpc) is 2.25. The van der Waals surface area contributed by atoms with Gasteiger partial charge in [-0.2, -0.15) is 0 Å². The van der Waals surface area contributed by atoms with Crippen LogP contribution < -0.4 is 10.1 Å². The zero-order chi connectivity index (χ0) is 12.2. The Bertz CT molecular complexity index is 366. The van der Waals surface area contributed by atoms with Crippen molar-refractivity contribution in [2.75, 3.05) is 13.7 Å². The summed E-state index contributed by atoms with van der Waals surface area (Å²) >= 11 is 0. The molecule has 0 fully saturated rings. The lowest BCUT2D eigenvalue weighted by Gasteiger charge is -2.19. The molecule has 0 aliphatic rings. The van der Waals surface area contributed by atoms with E-state index in [2.05, 4.69) is 26.1 Å². The molecule has 0 saturated heterocycles. The quantitative estimate of drug-likeness (QED) is 0.851. The first kappa shape index (κ1) is 12.6. The van der Waals surface area contributed by atoms with Gasteiger partial charge in [0, 0.05) is 12.6 Å². The summed E-state index contributed by atoms with van der Waals surface area (Å²) in [6, 6.07) is 7.20. The standard InChI is InChI=1S/C13H19NO2/c1-13(2,3)9-16-11-7-5-6-10(8-11)12(15)14-4/h5-8H,9H2,1-4H3,(H,14,15). The van der Waals surface area contributed by atoms with E-state index in [1.165, 1.54) is 0 Å². The van der Waals surface area contributed by atoms with Crippen LogP contribution in [0, 0.1) is 5.41 Å². The van der Waals surface area contributed by atoms with E-state index in [1.807, 2.05) is 12.1 Å². The molecular formula is C13H19NO2. The van der Waals surface area contributed by atoms with Crippen molar-refractivity contribution >= 4 is 5.91 Å². The lowest BCUT2D eigenvalue weighted by atomic mass is 9.99. The fraction of sp³-hybridized carbons (Fsp3) is 0.462. The van der Waals surface area contributed by atoms with Gasteiger partial charge < -0.3 is 10.1 Å². The topological polar surface area (TPSA) is 38.3 Å². The molecule has 1 rings (SSSR count). The summed E-state index contributed by atoms with van der Waals surface area (Å²) in [6.07, 6.45) is 0. The van der Waals surface area contributed by atoms with Gasteiger partial charge in [0.25, 0.3) is 5.91 Å². The van der Waals surface area contributed by atoms with E-state index in [1.54, 1.807) is 19.2 Å². The van der Waals surface area contributed by atoms with Crippen molar-refractivity contribution in [1.82, 2.24) is 5.32 Å². The molecular weight excluding hydrogens is 202 g/mol. The Morgan fingerprint density at radius 1 is 1.38 bits per heavy atom. The molecule has 0 radical (unpaired) electrons. The molecule has 0 aliphatic carbocycles. The first-order valence-electron chi connectivity index (χ1n) is 5.37. The second-order valence-corrected chi connectivity index (χ2v) is 4.96. The maximum atomic E-state index is 11.4. The first-order valence-corrected chi connectivity index (χ1v) is 5.37. The summed E-state index contributed by atoms with van der Waals surface area (Å²) in [5.41, 5.74) is 0.733. The molecule has 1 aromatic carbocycles. The largest absolute Gasteiger partial charge is 0.493 e. The summed E-state index contributed by atoms with van der Waals surface area (Å²) in [5.74, 6) is 0.636. The van der Waals surface area contributed by atoms with E-state index in [9.17, 15) is 4.79 Å². The van der Waals surface area contributed by atoms with Crippen LogP contribution in [0.15, 0.2) is 24.3 Å². The van der Waals surface area contributed by atoms with Crippen molar-refractivity contribution in [2.24, 2.45) is 5.41 Å². The molecule has 3 nitrogen and oxygen atoms in total. The number of carbonyl (C=O) groups is 1. The highest BCUT2D eigenvalue weighted by Gasteiger charge is 2.11. The third-order valence-electron chi connectivity index (χ3n) is 2.00. The summed E-state index contributed by atoms with van der Waals surface area (Å²) in [4.78, 5) is 11.4. The number of carbonyl (C=O) groups excluding carboxylic acids is 1. The summed E-state index contributed by atoms with van der Waals surface area (Å²) in [7, 11) is 1.62. The van der Waals surface area contributed by atoms with Gasteiger partial charge in [-0.15, -0.1) is 0 Å². The molecule has 0 aromatic heterocycles. The van der Waals surface area contributed by atoms with Crippen molar-refractivity contribution in [2.45, 2.75) is 20.8 Å². The minimum atomic E-state index is -0.0961. The van der Waals surface area contributed by atoms with Crippen LogP contribution in [-0.4, -0.2) is 19.6 Å². The van der Waals surface area contributed by atoms with Crippen LogP contribution in [0.4, 0.5) is 0 Å². The molecule has 88 valence electrons. The van der Waals surface area contributed by atoms with E-state index >= 15 is 0 Å². The van der Waals surface area contributed by atoms with Crippen molar-refractivity contribution in [3.8, 4) is 5.75 Å². The van der Waals surface area contributed by atoms with Crippen LogP contribution in [0.5, 0.6) is 5.75 Å². The van der Waals surface area contributed by atoms with Crippen LogP contribution in [0.1, 0.15) is 31.1 Å². The third-order valence-corrected chi connectivity index (χ3v) is 2.00. The van der Waals surface area contributed by atoms with E-state index in [4.69, 9.17) is 4.74 Å². The van der Waals surface area contributed by atoms with Crippen LogP contribution in [-0.2, 0) is 0 Å². The van der Waals surface area contributed by atoms with E-state index in [-0.39, 0.29) is 11.3 Å². The number of hydrogen-bond donors (Lipinski definition) is 1. The maximum absolute atomic E-state index is 11.4. The van der Waals surface area contributed by atoms with Gasteiger partial charge in [0.2, 0.25) is 0 Å². The average molecular weight is 221 g/mol. The summed E-state index contributed by atoms with van der Waals surface area (Å²) in [6.45, 7) is 6.95. The Morgan fingerprint density at radius 2 is 2.06 bits per heavy atom. The van der Waals surface area contributed by atoms with Crippen molar-refractivity contribution in [1.29, 1.82) is 0 Å². The van der Waals surface area contributed by atoms with Gasteiger partial charge in [-0.05, 0) is 23.6 Å². The van der Waals surface area contributed by atoms with E-state index in [0.717, 1.165) is 5.75 Å². The normalized spacial score (nSPS) is 11.0. The molecule has 0 bridgehead atoms. The minimum Gasteiger partial charge on any atom is -0.493 e. The number of rotatable bonds is 3. The molecule has 0 atom stereocenters. The number of hydrogen-bond acceptors (Lipinski definition) is 2. The fourth-order valence-corrected chi connectivity index (χ4v) is 1.17. The molecule has 0 spiro atoms. The van der Waals surface area contributed by atoms with Crippen LogP contribution >= 0.6 is 0 Å². The van der Waals surface area contributed by atoms with Gasteiger partial charge >= 0.3 is 0 Å². The van der Waals surface area contributed by atoms with Crippen molar-refractivity contribution in [3.63, 3.8) is 0 Å². The minimum absolute atomic E-state index is 0.0961. The molecule has 0 aliphatic heterocycles.